The molecule has 0 aliphatic carbocycles. The lowest BCUT2D eigenvalue weighted by atomic mass is 9.45. The smallest absolute Gasteiger partial charge is 0.333 e. The minimum absolute atomic E-state index is 0.0594. The molecular formula is C52H30BN3. The van der Waals surface area contributed by atoms with Crippen LogP contribution in [0.3, 0.4) is 0 Å². The Bertz CT molecular complexity index is 3550. The number of para-hydroxylation sites is 2. The first kappa shape index (κ1) is 30.0. The van der Waals surface area contributed by atoms with Crippen LogP contribution >= 0.6 is 0 Å². The summed E-state index contributed by atoms with van der Waals surface area (Å²) in [7, 11) is 0. The van der Waals surface area contributed by atoms with E-state index in [1.165, 1.54) is 116 Å². The van der Waals surface area contributed by atoms with Gasteiger partial charge in [0.05, 0.1) is 17.6 Å². The van der Waals surface area contributed by atoms with Crippen molar-refractivity contribution in [2.24, 2.45) is 0 Å². The zero-order valence-corrected chi connectivity index (χ0v) is 30.5. The van der Waals surface area contributed by atoms with Crippen LogP contribution in [-0.2, 0) is 0 Å². The average Bonchev–Trinajstić information content (AvgIpc) is 3.79. The van der Waals surface area contributed by atoms with E-state index in [0.29, 0.717) is 5.69 Å². The van der Waals surface area contributed by atoms with Crippen LogP contribution in [0.4, 0.5) is 5.69 Å². The van der Waals surface area contributed by atoms with Gasteiger partial charge in [-0.05, 0) is 97.4 Å². The average molecular weight is 708 g/mol. The lowest BCUT2D eigenvalue weighted by Gasteiger charge is -2.36. The highest BCUT2D eigenvalue weighted by Gasteiger charge is 2.43. The Morgan fingerprint density at radius 3 is 2.00 bits per heavy atom. The van der Waals surface area contributed by atoms with Crippen LogP contribution in [-0.4, -0.2) is 15.9 Å². The van der Waals surface area contributed by atoms with Gasteiger partial charge in [-0.1, -0.05) is 140 Å². The molecule has 13 rings (SSSR count). The van der Waals surface area contributed by atoms with Crippen LogP contribution in [0.25, 0.3) is 109 Å². The Morgan fingerprint density at radius 1 is 0.500 bits per heavy atom. The van der Waals surface area contributed by atoms with Crippen LogP contribution < -0.4 is 10.9 Å². The molecule has 0 saturated carbocycles. The van der Waals surface area contributed by atoms with E-state index in [4.69, 9.17) is 6.57 Å². The SMILES string of the molecule is [C-]#[N+]c1cccc(-c2cc3c4c(c2C)-c2cccc5c6ccccc6n(c25)B4c2cc(-c4ccccc4)c4ccc5c(-c6ccccc6)ccc6c5c4c2n6-3)c1. The van der Waals surface area contributed by atoms with Gasteiger partial charge in [0, 0.05) is 43.8 Å². The molecule has 0 radical (unpaired) electrons. The molecule has 56 heavy (non-hydrogen) atoms. The monoisotopic (exact) mass is 707 g/mol. The molecule has 0 unspecified atom stereocenters. The van der Waals surface area contributed by atoms with Crippen molar-refractivity contribution in [3.63, 3.8) is 0 Å². The maximum absolute atomic E-state index is 7.88. The highest BCUT2D eigenvalue weighted by atomic mass is 15.0. The van der Waals surface area contributed by atoms with E-state index >= 15 is 0 Å². The molecule has 0 atom stereocenters. The highest BCUT2D eigenvalue weighted by Crippen LogP contribution is 2.50. The minimum Gasteiger partial charge on any atom is -0.375 e. The fourth-order valence-electron chi connectivity index (χ4n) is 10.7. The van der Waals surface area contributed by atoms with Crippen molar-refractivity contribution in [1.29, 1.82) is 0 Å². The molecular weight excluding hydrogens is 677 g/mol. The van der Waals surface area contributed by atoms with Crippen LogP contribution in [0, 0.1) is 13.5 Å². The van der Waals surface area contributed by atoms with E-state index in [1.807, 2.05) is 12.1 Å². The molecule has 0 saturated heterocycles. The Morgan fingerprint density at radius 2 is 1.20 bits per heavy atom. The lowest BCUT2D eigenvalue weighted by molar-refractivity contribution is 1.17. The zero-order chi connectivity index (χ0) is 36.8. The fourth-order valence-corrected chi connectivity index (χ4v) is 10.7. The first-order valence-corrected chi connectivity index (χ1v) is 19.3. The van der Waals surface area contributed by atoms with Crippen LogP contribution in [0.1, 0.15) is 5.56 Å². The van der Waals surface area contributed by atoms with Gasteiger partial charge in [0.1, 0.15) is 0 Å². The summed E-state index contributed by atoms with van der Waals surface area (Å²) in [5.74, 6) is 0. The van der Waals surface area contributed by atoms with E-state index in [1.54, 1.807) is 0 Å². The predicted molar refractivity (Wildman–Crippen MR) is 236 cm³/mol. The number of nitrogens with zero attached hydrogens (tertiary/aromatic N) is 3. The molecule has 256 valence electrons. The highest BCUT2D eigenvalue weighted by molar-refractivity contribution is 6.90. The third-order valence-electron chi connectivity index (χ3n) is 12.9. The van der Waals surface area contributed by atoms with Crippen molar-refractivity contribution < 1.29 is 0 Å². The lowest BCUT2D eigenvalue weighted by Crippen LogP contribution is -2.55. The van der Waals surface area contributed by atoms with Crippen LogP contribution in [0.5, 0.6) is 0 Å². The zero-order valence-electron chi connectivity index (χ0n) is 30.5. The third-order valence-corrected chi connectivity index (χ3v) is 12.9. The largest absolute Gasteiger partial charge is 0.375 e. The molecule has 11 aromatic rings. The van der Waals surface area contributed by atoms with Gasteiger partial charge >= 0.3 is 6.85 Å². The summed E-state index contributed by atoms with van der Waals surface area (Å²) in [6.45, 7) is 10.1. The number of fused-ring (bicyclic) bond motifs is 8. The maximum Gasteiger partial charge on any atom is 0.333 e. The summed E-state index contributed by atoms with van der Waals surface area (Å²) in [5.41, 5.74) is 20.6. The van der Waals surface area contributed by atoms with Gasteiger partial charge in [-0.25, -0.2) is 4.85 Å². The number of rotatable bonds is 3. The quantitative estimate of drug-likeness (QED) is 0.0986. The van der Waals surface area contributed by atoms with Crippen molar-refractivity contribution in [2.75, 3.05) is 0 Å². The van der Waals surface area contributed by atoms with Gasteiger partial charge in [-0.15, -0.1) is 0 Å². The molecule has 3 nitrogen and oxygen atoms in total. The topological polar surface area (TPSA) is 14.2 Å². The van der Waals surface area contributed by atoms with Crippen molar-refractivity contribution in [3.05, 3.63) is 181 Å². The number of aromatic nitrogens is 2. The summed E-state index contributed by atoms with van der Waals surface area (Å²) in [6, 6.07) is 60.1. The molecule has 0 bridgehead atoms. The summed E-state index contributed by atoms with van der Waals surface area (Å²) < 4.78 is 5.25. The van der Waals surface area contributed by atoms with Gasteiger partial charge in [-0.3, -0.25) is 0 Å². The Labute approximate surface area is 323 Å². The van der Waals surface area contributed by atoms with Crippen molar-refractivity contribution in [1.82, 2.24) is 9.05 Å². The van der Waals surface area contributed by atoms with Crippen LogP contribution in [0.2, 0.25) is 0 Å². The van der Waals surface area contributed by atoms with Crippen molar-refractivity contribution >= 4 is 77.8 Å². The maximum atomic E-state index is 7.88. The molecule has 0 fully saturated rings. The number of hydrogen-bond donors (Lipinski definition) is 0. The van der Waals surface area contributed by atoms with Gasteiger partial charge in [0.25, 0.3) is 0 Å². The standard InChI is InChI=1S/C52H30BN3/c1-30-41(33-17-11-18-34(27-33)54-2)29-46-50-47(30)40-21-12-20-39-36-19-9-10-22-44(36)56(51(39)40)53(50)43-28-42(32-15-7-4-8-16-32)38-24-23-37-35(31-13-5-3-6-14-31)25-26-45-48(37)49(38)52(43)55(45)46/h3-29H,1H3. The van der Waals surface area contributed by atoms with E-state index in [2.05, 4.69) is 172 Å². The second-order valence-electron chi connectivity index (χ2n) is 15.5. The third kappa shape index (κ3) is 3.63. The van der Waals surface area contributed by atoms with Crippen LogP contribution in [0.15, 0.2) is 164 Å². The Hall–Kier alpha value is -7.35. The first-order chi connectivity index (χ1) is 27.7. The molecule has 2 aromatic heterocycles. The second kappa shape index (κ2) is 10.7. The van der Waals surface area contributed by atoms with Gasteiger partial charge in [0.2, 0.25) is 0 Å². The van der Waals surface area contributed by atoms with E-state index in [9.17, 15) is 0 Å². The summed E-state index contributed by atoms with van der Waals surface area (Å²) in [6.07, 6.45) is 0. The Kier molecular flexibility index (Phi) is 5.72. The predicted octanol–water partition coefficient (Wildman–Crippen LogP) is 12.3. The minimum atomic E-state index is -0.0594. The molecule has 4 heteroatoms. The number of hydrogen-bond acceptors (Lipinski definition) is 0. The fraction of sp³-hybridized carbons (Fsp3) is 0.0192. The molecule has 4 heterocycles. The molecule has 9 aromatic carbocycles. The summed E-state index contributed by atoms with van der Waals surface area (Å²) >= 11 is 0. The molecule has 2 aliphatic rings. The number of benzene rings is 9. The normalized spacial score (nSPS) is 12.7. The molecule has 0 amide bonds. The summed E-state index contributed by atoms with van der Waals surface area (Å²) in [4.78, 5) is 3.85. The summed E-state index contributed by atoms with van der Waals surface area (Å²) in [5, 5.41) is 7.74. The van der Waals surface area contributed by atoms with E-state index < -0.39 is 0 Å². The molecule has 0 spiro atoms. The van der Waals surface area contributed by atoms with Crippen molar-refractivity contribution in [3.8, 4) is 50.2 Å². The molecule has 2 aliphatic heterocycles. The van der Waals surface area contributed by atoms with Gasteiger partial charge in [-0.2, -0.15) is 0 Å². The Balaban J connectivity index is 1.29. The van der Waals surface area contributed by atoms with E-state index in [0.717, 1.165) is 5.56 Å². The van der Waals surface area contributed by atoms with Crippen molar-refractivity contribution in [2.45, 2.75) is 6.92 Å². The van der Waals surface area contributed by atoms with Gasteiger partial charge < -0.3 is 9.05 Å². The van der Waals surface area contributed by atoms with Gasteiger partial charge in [0.15, 0.2) is 5.69 Å². The first-order valence-electron chi connectivity index (χ1n) is 19.3. The van der Waals surface area contributed by atoms with E-state index in [-0.39, 0.29) is 6.85 Å². The second-order valence-corrected chi connectivity index (χ2v) is 15.5. The molecule has 0 N–H and O–H groups in total.